The summed E-state index contributed by atoms with van der Waals surface area (Å²) in [5.41, 5.74) is 1.09. The van der Waals surface area contributed by atoms with Crippen molar-refractivity contribution in [2.75, 3.05) is 39.4 Å². The predicted molar refractivity (Wildman–Crippen MR) is 97.3 cm³/mol. The minimum absolute atomic E-state index is 0.447. The predicted octanol–water partition coefficient (Wildman–Crippen LogP) is 2.22. The number of hydrogen-bond donors (Lipinski definition) is 1. The van der Waals surface area contributed by atoms with Crippen LogP contribution in [0.3, 0.4) is 0 Å². The molecule has 0 radical (unpaired) electrons. The number of benzene rings is 1. The molecule has 1 N–H and O–H groups in total. The number of halogens is 1. The highest BCUT2D eigenvalue weighted by atomic mass is 35.5. The highest BCUT2D eigenvalue weighted by Gasteiger charge is 2.25. The average Bonchev–Trinajstić information content (AvgIpc) is 3.07. The Morgan fingerprint density at radius 3 is 2.52 bits per heavy atom. The van der Waals surface area contributed by atoms with Gasteiger partial charge in [-0.15, -0.1) is 10.2 Å². The Morgan fingerprint density at radius 2 is 1.80 bits per heavy atom. The van der Waals surface area contributed by atoms with Crippen LogP contribution in [0.4, 0.5) is 0 Å². The van der Waals surface area contributed by atoms with Crippen molar-refractivity contribution < 1.29 is 4.74 Å². The molecular formula is C18H24ClN5O. The molecule has 2 aromatic rings. The number of aromatic nitrogens is 3. The van der Waals surface area contributed by atoms with Crippen LogP contribution in [0.15, 0.2) is 24.3 Å². The Labute approximate surface area is 153 Å². The van der Waals surface area contributed by atoms with Gasteiger partial charge in [0.15, 0.2) is 5.82 Å². The molecule has 0 amide bonds. The Kier molecular flexibility index (Phi) is 5.31. The van der Waals surface area contributed by atoms with Gasteiger partial charge in [0, 0.05) is 29.7 Å². The molecule has 3 heterocycles. The summed E-state index contributed by atoms with van der Waals surface area (Å²) in [6.45, 7) is 6.33. The lowest BCUT2D eigenvalue weighted by atomic mass is 9.97. The van der Waals surface area contributed by atoms with Crippen molar-refractivity contribution in [2.24, 2.45) is 0 Å². The van der Waals surface area contributed by atoms with Crippen molar-refractivity contribution in [1.29, 1.82) is 0 Å². The van der Waals surface area contributed by atoms with Crippen LogP contribution in [0.2, 0.25) is 5.02 Å². The molecule has 4 rings (SSSR count). The molecule has 0 bridgehead atoms. The standard InChI is InChI=1S/C18H24ClN5O/c19-15-1-3-16(4-2-15)24-17(13-23-9-11-25-12-10-23)21-22-18(24)14-5-7-20-8-6-14/h1-4,14,20H,5-13H2. The van der Waals surface area contributed by atoms with E-state index in [1.807, 2.05) is 12.1 Å². The van der Waals surface area contributed by atoms with Crippen molar-refractivity contribution in [3.63, 3.8) is 0 Å². The lowest BCUT2D eigenvalue weighted by Gasteiger charge is -2.27. The third-order valence-electron chi connectivity index (χ3n) is 5.01. The van der Waals surface area contributed by atoms with E-state index in [0.29, 0.717) is 5.92 Å². The van der Waals surface area contributed by atoms with Crippen molar-refractivity contribution in [3.8, 4) is 5.69 Å². The van der Waals surface area contributed by atoms with Gasteiger partial charge in [-0.25, -0.2) is 0 Å². The fourth-order valence-corrected chi connectivity index (χ4v) is 3.73. The molecule has 2 fully saturated rings. The van der Waals surface area contributed by atoms with Crippen LogP contribution in [0.25, 0.3) is 5.69 Å². The normalized spacial score (nSPS) is 20.0. The van der Waals surface area contributed by atoms with E-state index in [-0.39, 0.29) is 0 Å². The first kappa shape index (κ1) is 17.0. The van der Waals surface area contributed by atoms with Crippen molar-refractivity contribution in [1.82, 2.24) is 25.0 Å². The summed E-state index contributed by atoms with van der Waals surface area (Å²) in [5, 5.41) is 13.3. The summed E-state index contributed by atoms with van der Waals surface area (Å²) in [4.78, 5) is 2.38. The van der Waals surface area contributed by atoms with Crippen LogP contribution in [0, 0.1) is 0 Å². The zero-order chi connectivity index (χ0) is 17.1. The fourth-order valence-electron chi connectivity index (χ4n) is 3.61. The van der Waals surface area contributed by atoms with Gasteiger partial charge in [-0.05, 0) is 50.2 Å². The van der Waals surface area contributed by atoms with E-state index in [2.05, 4.69) is 37.1 Å². The molecule has 1 aromatic carbocycles. The van der Waals surface area contributed by atoms with Gasteiger partial charge in [0.05, 0.1) is 19.8 Å². The molecule has 6 nitrogen and oxygen atoms in total. The highest BCUT2D eigenvalue weighted by Crippen LogP contribution is 2.28. The second-order valence-corrected chi connectivity index (χ2v) is 7.14. The Bertz CT molecular complexity index is 690. The van der Waals surface area contributed by atoms with E-state index in [9.17, 15) is 0 Å². The largest absolute Gasteiger partial charge is 0.379 e. The molecule has 2 saturated heterocycles. The summed E-state index contributed by atoms with van der Waals surface area (Å²) in [6.07, 6.45) is 2.20. The minimum Gasteiger partial charge on any atom is -0.379 e. The monoisotopic (exact) mass is 361 g/mol. The highest BCUT2D eigenvalue weighted by molar-refractivity contribution is 6.30. The van der Waals surface area contributed by atoms with Crippen LogP contribution in [-0.4, -0.2) is 59.1 Å². The molecule has 1 aromatic heterocycles. The summed E-state index contributed by atoms with van der Waals surface area (Å²) in [5.74, 6) is 2.52. The van der Waals surface area contributed by atoms with Crippen LogP contribution < -0.4 is 5.32 Å². The zero-order valence-corrected chi connectivity index (χ0v) is 15.1. The lowest BCUT2D eigenvalue weighted by Crippen LogP contribution is -2.36. The topological polar surface area (TPSA) is 55.2 Å². The molecule has 25 heavy (non-hydrogen) atoms. The average molecular weight is 362 g/mol. The zero-order valence-electron chi connectivity index (χ0n) is 14.3. The molecule has 0 atom stereocenters. The Morgan fingerprint density at radius 1 is 1.08 bits per heavy atom. The molecule has 134 valence electrons. The minimum atomic E-state index is 0.447. The van der Waals surface area contributed by atoms with E-state index in [0.717, 1.165) is 81.1 Å². The van der Waals surface area contributed by atoms with Crippen LogP contribution in [-0.2, 0) is 11.3 Å². The maximum atomic E-state index is 6.09. The number of hydrogen-bond acceptors (Lipinski definition) is 5. The van der Waals surface area contributed by atoms with Crippen molar-refractivity contribution >= 4 is 11.6 Å². The maximum absolute atomic E-state index is 6.09. The van der Waals surface area contributed by atoms with E-state index >= 15 is 0 Å². The summed E-state index contributed by atoms with van der Waals surface area (Å²) in [7, 11) is 0. The second kappa shape index (κ2) is 7.83. The second-order valence-electron chi connectivity index (χ2n) is 6.70. The van der Waals surface area contributed by atoms with Gasteiger partial charge in [-0.2, -0.15) is 0 Å². The van der Waals surface area contributed by atoms with Gasteiger partial charge >= 0.3 is 0 Å². The molecule has 7 heteroatoms. The molecular weight excluding hydrogens is 338 g/mol. The molecule has 2 aliphatic rings. The fraction of sp³-hybridized carbons (Fsp3) is 0.556. The van der Waals surface area contributed by atoms with E-state index < -0.39 is 0 Å². The SMILES string of the molecule is Clc1ccc(-n2c(CN3CCOCC3)nnc2C2CCNCC2)cc1. The first-order chi connectivity index (χ1) is 12.3. The maximum Gasteiger partial charge on any atom is 0.151 e. The third-order valence-corrected chi connectivity index (χ3v) is 5.26. The molecule has 0 unspecified atom stereocenters. The first-order valence-electron chi connectivity index (χ1n) is 9.02. The number of ether oxygens (including phenoxy) is 1. The summed E-state index contributed by atoms with van der Waals surface area (Å²) in [6, 6.07) is 7.97. The van der Waals surface area contributed by atoms with Crippen LogP contribution >= 0.6 is 11.6 Å². The Hall–Kier alpha value is -1.47. The first-order valence-corrected chi connectivity index (χ1v) is 9.40. The molecule has 0 aliphatic carbocycles. The van der Waals surface area contributed by atoms with Crippen molar-refractivity contribution in [3.05, 3.63) is 40.9 Å². The number of nitrogens with zero attached hydrogens (tertiary/aromatic N) is 4. The number of morpholine rings is 1. The Balaban J connectivity index is 1.67. The summed E-state index contributed by atoms with van der Waals surface area (Å²) < 4.78 is 7.70. The smallest absolute Gasteiger partial charge is 0.151 e. The molecule has 2 aliphatic heterocycles. The van der Waals surface area contributed by atoms with Crippen LogP contribution in [0.5, 0.6) is 0 Å². The molecule has 0 spiro atoms. The quantitative estimate of drug-likeness (QED) is 0.905. The third kappa shape index (κ3) is 3.87. The van der Waals surface area contributed by atoms with Gasteiger partial charge in [0.25, 0.3) is 0 Å². The van der Waals surface area contributed by atoms with Gasteiger partial charge in [-0.3, -0.25) is 9.47 Å². The lowest BCUT2D eigenvalue weighted by molar-refractivity contribution is 0.0328. The van der Waals surface area contributed by atoms with Gasteiger partial charge in [-0.1, -0.05) is 11.6 Å². The van der Waals surface area contributed by atoms with Crippen molar-refractivity contribution in [2.45, 2.75) is 25.3 Å². The van der Waals surface area contributed by atoms with Gasteiger partial charge in [0.2, 0.25) is 0 Å². The summed E-state index contributed by atoms with van der Waals surface area (Å²) >= 11 is 6.09. The van der Waals surface area contributed by atoms with Gasteiger partial charge in [0.1, 0.15) is 5.82 Å². The van der Waals surface area contributed by atoms with Crippen LogP contribution in [0.1, 0.15) is 30.4 Å². The number of rotatable bonds is 4. The van der Waals surface area contributed by atoms with E-state index in [4.69, 9.17) is 16.3 Å². The van der Waals surface area contributed by atoms with E-state index in [1.54, 1.807) is 0 Å². The number of nitrogens with one attached hydrogen (secondary N) is 1. The number of piperidine rings is 1. The molecule has 0 saturated carbocycles. The van der Waals surface area contributed by atoms with E-state index in [1.165, 1.54) is 0 Å². The van der Waals surface area contributed by atoms with Gasteiger partial charge < -0.3 is 10.1 Å².